The van der Waals surface area contributed by atoms with E-state index >= 15 is 0 Å². The number of rotatable bonds is 3. The van der Waals surface area contributed by atoms with Gasteiger partial charge in [0.2, 0.25) is 0 Å². The third-order valence-electron chi connectivity index (χ3n) is 3.88. The molecule has 0 aromatic heterocycles. The summed E-state index contributed by atoms with van der Waals surface area (Å²) in [6, 6.07) is -1.02. The van der Waals surface area contributed by atoms with Crippen LogP contribution in [0.2, 0.25) is 0 Å². The molecule has 7 heteroatoms. The smallest absolute Gasteiger partial charge is 0.326 e. The van der Waals surface area contributed by atoms with Gasteiger partial charge in [-0.15, -0.1) is 0 Å². The number of likely N-dealkylation sites (tertiary alicyclic amines) is 2. The summed E-state index contributed by atoms with van der Waals surface area (Å²) in [7, 11) is 3.16. The lowest BCUT2D eigenvalue weighted by Crippen LogP contribution is -2.47. The number of carboxylic acid groups (broad SMARTS) is 1. The Morgan fingerprint density at radius 2 is 1.84 bits per heavy atom. The van der Waals surface area contributed by atoms with Crippen LogP contribution < -0.4 is 0 Å². The predicted molar refractivity (Wildman–Crippen MR) is 65.9 cm³/mol. The van der Waals surface area contributed by atoms with Gasteiger partial charge in [0.05, 0.1) is 12.2 Å². The summed E-state index contributed by atoms with van der Waals surface area (Å²) in [4.78, 5) is 26.6. The Hall–Kier alpha value is -1.34. The molecule has 0 saturated carbocycles. The summed E-state index contributed by atoms with van der Waals surface area (Å²) in [6.07, 6.45) is 0.986. The molecule has 108 valence electrons. The molecule has 2 amide bonds. The number of amides is 2. The summed E-state index contributed by atoms with van der Waals surface area (Å²) in [6.45, 7) is 1.47. The van der Waals surface area contributed by atoms with E-state index in [0.717, 1.165) is 6.42 Å². The molecule has 0 aromatic carbocycles. The van der Waals surface area contributed by atoms with Gasteiger partial charge in [0.15, 0.2) is 0 Å². The van der Waals surface area contributed by atoms with Crippen molar-refractivity contribution >= 4 is 12.0 Å². The Morgan fingerprint density at radius 3 is 2.37 bits per heavy atom. The van der Waals surface area contributed by atoms with Crippen molar-refractivity contribution in [2.75, 3.05) is 33.9 Å². The van der Waals surface area contributed by atoms with E-state index in [2.05, 4.69) is 0 Å². The van der Waals surface area contributed by atoms with E-state index in [1.54, 1.807) is 12.0 Å². The first kappa shape index (κ1) is 14.1. The number of carboxylic acids is 1. The summed E-state index contributed by atoms with van der Waals surface area (Å²) in [5.74, 6) is -0.976. The van der Waals surface area contributed by atoms with Gasteiger partial charge in [-0.3, -0.25) is 0 Å². The first-order valence-corrected chi connectivity index (χ1v) is 6.40. The molecule has 2 aliphatic rings. The standard InChI is InChI=1S/C12H20N2O5/c1-18-8-3-4-13(6-8)12(17)14-7-9(19-2)5-10(14)11(15)16/h8-10H,3-7H2,1-2H3,(H,15,16). The van der Waals surface area contributed by atoms with E-state index in [4.69, 9.17) is 9.47 Å². The molecule has 2 aliphatic heterocycles. The molecule has 2 fully saturated rings. The SMILES string of the molecule is COC1CCN(C(=O)N2CC(OC)CC2C(=O)O)C1. The highest BCUT2D eigenvalue weighted by Gasteiger charge is 2.42. The molecule has 0 aromatic rings. The molecular weight excluding hydrogens is 252 g/mol. The van der Waals surface area contributed by atoms with E-state index < -0.39 is 12.0 Å². The lowest BCUT2D eigenvalue weighted by Gasteiger charge is -2.27. The average molecular weight is 272 g/mol. The van der Waals surface area contributed by atoms with E-state index in [0.29, 0.717) is 26.1 Å². The van der Waals surface area contributed by atoms with Crippen molar-refractivity contribution in [2.45, 2.75) is 31.1 Å². The number of aliphatic carboxylic acids is 1. The van der Waals surface area contributed by atoms with Crippen molar-refractivity contribution in [1.29, 1.82) is 0 Å². The van der Waals surface area contributed by atoms with Crippen molar-refractivity contribution in [2.24, 2.45) is 0 Å². The molecule has 0 aliphatic carbocycles. The molecule has 2 rings (SSSR count). The van der Waals surface area contributed by atoms with E-state index in [9.17, 15) is 14.7 Å². The van der Waals surface area contributed by atoms with Crippen molar-refractivity contribution in [3.63, 3.8) is 0 Å². The Bertz CT molecular complexity index is 362. The highest BCUT2D eigenvalue weighted by Crippen LogP contribution is 2.23. The van der Waals surface area contributed by atoms with Crippen LogP contribution in [-0.4, -0.2) is 79.0 Å². The molecule has 1 N–H and O–H groups in total. The van der Waals surface area contributed by atoms with Crippen molar-refractivity contribution in [3.05, 3.63) is 0 Å². The minimum atomic E-state index is -0.976. The van der Waals surface area contributed by atoms with E-state index in [1.165, 1.54) is 12.0 Å². The van der Waals surface area contributed by atoms with Crippen molar-refractivity contribution in [1.82, 2.24) is 9.80 Å². The Kier molecular flexibility index (Phi) is 4.26. The zero-order valence-electron chi connectivity index (χ0n) is 11.2. The molecule has 2 heterocycles. The number of nitrogens with zero attached hydrogens (tertiary/aromatic N) is 2. The lowest BCUT2D eigenvalue weighted by molar-refractivity contribution is -0.141. The maximum Gasteiger partial charge on any atom is 0.326 e. The van der Waals surface area contributed by atoms with Crippen LogP contribution in [0.5, 0.6) is 0 Å². The van der Waals surface area contributed by atoms with Gasteiger partial charge >= 0.3 is 12.0 Å². The molecule has 0 bridgehead atoms. The van der Waals surface area contributed by atoms with Gasteiger partial charge in [0.1, 0.15) is 6.04 Å². The van der Waals surface area contributed by atoms with Crippen LogP contribution >= 0.6 is 0 Å². The molecule has 7 nitrogen and oxygen atoms in total. The molecule has 3 atom stereocenters. The highest BCUT2D eigenvalue weighted by atomic mass is 16.5. The zero-order chi connectivity index (χ0) is 14.0. The van der Waals surface area contributed by atoms with Crippen LogP contribution in [-0.2, 0) is 14.3 Å². The Balaban J connectivity index is 2.03. The number of hydrogen-bond donors (Lipinski definition) is 1. The van der Waals surface area contributed by atoms with Crippen LogP contribution in [0.25, 0.3) is 0 Å². The molecule has 0 spiro atoms. The normalized spacial score (nSPS) is 30.9. The highest BCUT2D eigenvalue weighted by molar-refractivity contribution is 5.83. The fourth-order valence-electron chi connectivity index (χ4n) is 2.69. The second kappa shape index (κ2) is 5.75. The van der Waals surface area contributed by atoms with E-state index in [1.807, 2.05) is 0 Å². The van der Waals surface area contributed by atoms with Crippen LogP contribution in [0.3, 0.4) is 0 Å². The van der Waals surface area contributed by atoms with Gasteiger partial charge in [-0.2, -0.15) is 0 Å². The minimum Gasteiger partial charge on any atom is -0.480 e. The largest absolute Gasteiger partial charge is 0.480 e. The first-order valence-electron chi connectivity index (χ1n) is 6.40. The van der Waals surface area contributed by atoms with Gasteiger partial charge in [-0.25, -0.2) is 9.59 Å². The number of carbonyl (C=O) groups is 2. The monoisotopic (exact) mass is 272 g/mol. The quantitative estimate of drug-likeness (QED) is 0.782. The topological polar surface area (TPSA) is 79.3 Å². The van der Waals surface area contributed by atoms with Crippen LogP contribution in [0, 0.1) is 0 Å². The number of urea groups is 1. The number of carbonyl (C=O) groups excluding carboxylic acids is 1. The fraction of sp³-hybridized carbons (Fsp3) is 0.833. The molecule has 2 saturated heterocycles. The van der Waals surface area contributed by atoms with Gasteiger partial charge in [0, 0.05) is 40.3 Å². The predicted octanol–water partition coefficient (Wildman–Crippen LogP) is 0.00100. The van der Waals surface area contributed by atoms with Gasteiger partial charge < -0.3 is 24.4 Å². The summed E-state index contributed by atoms with van der Waals surface area (Å²) >= 11 is 0. The summed E-state index contributed by atoms with van der Waals surface area (Å²) in [5.41, 5.74) is 0. The molecule has 3 unspecified atom stereocenters. The second-order valence-electron chi connectivity index (χ2n) is 4.97. The molecule has 19 heavy (non-hydrogen) atoms. The maximum absolute atomic E-state index is 12.4. The van der Waals surface area contributed by atoms with Gasteiger partial charge in [-0.05, 0) is 6.42 Å². The second-order valence-corrected chi connectivity index (χ2v) is 4.97. The minimum absolute atomic E-state index is 0.0491. The van der Waals surface area contributed by atoms with Crippen molar-refractivity contribution < 1.29 is 24.2 Å². The fourth-order valence-corrected chi connectivity index (χ4v) is 2.69. The third kappa shape index (κ3) is 2.82. The van der Waals surface area contributed by atoms with Crippen LogP contribution in [0.15, 0.2) is 0 Å². The zero-order valence-corrected chi connectivity index (χ0v) is 11.2. The van der Waals surface area contributed by atoms with Gasteiger partial charge in [0.25, 0.3) is 0 Å². The molecular formula is C12H20N2O5. The number of methoxy groups -OCH3 is 2. The van der Waals surface area contributed by atoms with Crippen molar-refractivity contribution in [3.8, 4) is 0 Å². The number of hydrogen-bond acceptors (Lipinski definition) is 4. The third-order valence-corrected chi connectivity index (χ3v) is 3.88. The average Bonchev–Trinajstić information content (AvgIpc) is 3.04. The summed E-state index contributed by atoms with van der Waals surface area (Å²) in [5, 5.41) is 9.19. The maximum atomic E-state index is 12.4. The number of ether oxygens (including phenoxy) is 2. The Morgan fingerprint density at radius 1 is 1.16 bits per heavy atom. The molecule has 0 radical (unpaired) electrons. The van der Waals surface area contributed by atoms with Gasteiger partial charge in [-0.1, -0.05) is 0 Å². The van der Waals surface area contributed by atoms with Crippen LogP contribution in [0.1, 0.15) is 12.8 Å². The summed E-state index contributed by atoms with van der Waals surface area (Å²) < 4.78 is 10.4. The van der Waals surface area contributed by atoms with E-state index in [-0.39, 0.29) is 18.2 Å². The van der Waals surface area contributed by atoms with Crippen LogP contribution in [0.4, 0.5) is 4.79 Å². The first-order chi connectivity index (χ1) is 9.06. The Labute approximate surface area is 112 Å². The lowest BCUT2D eigenvalue weighted by atomic mass is 10.2.